The van der Waals surface area contributed by atoms with Crippen molar-refractivity contribution in [3.8, 4) is 0 Å². The third-order valence-electron chi connectivity index (χ3n) is 3.48. The van der Waals surface area contributed by atoms with Crippen LogP contribution in [-0.2, 0) is 4.79 Å². The van der Waals surface area contributed by atoms with Gasteiger partial charge in [0, 0.05) is 12.4 Å². The van der Waals surface area contributed by atoms with Crippen molar-refractivity contribution in [3.05, 3.63) is 42.1 Å². The first-order chi connectivity index (χ1) is 9.34. The summed E-state index contributed by atoms with van der Waals surface area (Å²) in [6.07, 6.45) is 0. The highest BCUT2D eigenvalue weighted by Crippen LogP contribution is 2.17. The van der Waals surface area contributed by atoms with E-state index in [2.05, 4.69) is 4.98 Å². The van der Waals surface area contributed by atoms with E-state index in [1.54, 1.807) is 12.1 Å². The van der Waals surface area contributed by atoms with Crippen LogP contribution in [0.25, 0.3) is 10.9 Å². The number of benzene rings is 1. The Balaban J connectivity index is 2.38. The number of carbonyl (C=O) groups is 2. The molecule has 20 heavy (non-hydrogen) atoms. The molecular formula is C15H16N2O3. The molecule has 104 valence electrons. The number of aromatic nitrogens is 1. The summed E-state index contributed by atoms with van der Waals surface area (Å²) in [5.74, 6) is -1.47. The highest BCUT2D eigenvalue weighted by Gasteiger charge is 2.36. The van der Waals surface area contributed by atoms with Crippen molar-refractivity contribution in [1.29, 1.82) is 0 Å². The third kappa shape index (κ3) is 2.34. The zero-order chi connectivity index (χ0) is 14.9. The van der Waals surface area contributed by atoms with Gasteiger partial charge in [0.2, 0.25) is 0 Å². The van der Waals surface area contributed by atoms with Crippen molar-refractivity contribution in [2.45, 2.75) is 19.4 Å². The molecule has 0 spiro atoms. The molecule has 1 aromatic heterocycles. The number of pyridine rings is 1. The molecule has 1 heterocycles. The van der Waals surface area contributed by atoms with E-state index < -0.39 is 17.4 Å². The van der Waals surface area contributed by atoms with Crippen molar-refractivity contribution >= 4 is 22.8 Å². The predicted molar refractivity (Wildman–Crippen MR) is 75.6 cm³/mol. The van der Waals surface area contributed by atoms with Crippen LogP contribution in [0.5, 0.6) is 0 Å². The maximum absolute atomic E-state index is 12.3. The van der Waals surface area contributed by atoms with Crippen LogP contribution in [0.1, 0.15) is 24.3 Å². The second-order valence-corrected chi connectivity index (χ2v) is 5.12. The Hall–Kier alpha value is -2.43. The molecule has 0 saturated heterocycles. The Labute approximate surface area is 116 Å². The monoisotopic (exact) mass is 272 g/mol. The molecule has 0 aliphatic rings. The quantitative estimate of drug-likeness (QED) is 0.929. The van der Waals surface area contributed by atoms with Crippen LogP contribution in [0, 0.1) is 0 Å². The van der Waals surface area contributed by atoms with Crippen LogP contribution >= 0.6 is 0 Å². The highest BCUT2D eigenvalue weighted by atomic mass is 16.4. The smallest absolute Gasteiger partial charge is 0.329 e. The summed E-state index contributed by atoms with van der Waals surface area (Å²) in [5, 5.41) is 10.1. The third-order valence-corrected chi connectivity index (χ3v) is 3.48. The van der Waals surface area contributed by atoms with E-state index in [-0.39, 0.29) is 5.69 Å². The summed E-state index contributed by atoms with van der Waals surface area (Å²) in [5.41, 5.74) is -0.342. The first-order valence-corrected chi connectivity index (χ1v) is 6.21. The fourth-order valence-corrected chi connectivity index (χ4v) is 1.75. The van der Waals surface area contributed by atoms with Gasteiger partial charge < -0.3 is 10.0 Å². The van der Waals surface area contributed by atoms with E-state index in [4.69, 9.17) is 5.11 Å². The first kappa shape index (κ1) is 14.0. The van der Waals surface area contributed by atoms with Gasteiger partial charge in [-0.15, -0.1) is 0 Å². The molecule has 0 fully saturated rings. The lowest BCUT2D eigenvalue weighted by atomic mass is 10.0. The van der Waals surface area contributed by atoms with Gasteiger partial charge in [-0.3, -0.25) is 4.79 Å². The second kappa shape index (κ2) is 4.92. The van der Waals surface area contributed by atoms with Gasteiger partial charge in [-0.2, -0.15) is 0 Å². The minimum absolute atomic E-state index is 0.237. The molecule has 0 aliphatic carbocycles. The van der Waals surface area contributed by atoms with E-state index in [1.165, 1.54) is 25.8 Å². The number of likely N-dealkylation sites (N-methyl/N-ethyl adjacent to an activating group) is 1. The van der Waals surface area contributed by atoms with Crippen molar-refractivity contribution < 1.29 is 14.7 Å². The molecule has 2 rings (SSSR count). The summed E-state index contributed by atoms with van der Waals surface area (Å²) in [6.45, 7) is 2.96. The van der Waals surface area contributed by atoms with Crippen molar-refractivity contribution in [3.63, 3.8) is 0 Å². The molecule has 0 radical (unpaired) electrons. The zero-order valence-corrected chi connectivity index (χ0v) is 11.6. The fraction of sp³-hybridized carbons (Fsp3) is 0.267. The molecule has 5 heteroatoms. The number of hydrogen-bond donors (Lipinski definition) is 1. The van der Waals surface area contributed by atoms with Gasteiger partial charge in [-0.05, 0) is 26.0 Å². The lowest BCUT2D eigenvalue weighted by molar-refractivity contribution is -0.147. The zero-order valence-electron chi connectivity index (χ0n) is 11.6. The number of carboxylic acids is 1. The van der Waals surface area contributed by atoms with Crippen molar-refractivity contribution in [1.82, 2.24) is 9.88 Å². The number of hydrogen-bond acceptors (Lipinski definition) is 3. The molecular weight excluding hydrogens is 256 g/mol. The van der Waals surface area contributed by atoms with E-state index in [0.717, 1.165) is 5.39 Å². The van der Waals surface area contributed by atoms with Gasteiger partial charge in [-0.25, -0.2) is 9.78 Å². The first-order valence-electron chi connectivity index (χ1n) is 6.21. The SMILES string of the molecule is CN(C(=O)c1ccc2ccccc2n1)C(C)(C)C(=O)O. The van der Waals surface area contributed by atoms with Gasteiger partial charge in [0.15, 0.2) is 0 Å². The Morgan fingerprint density at radius 1 is 1.15 bits per heavy atom. The number of rotatable bonds is 3. The number of para-hydroxylation sites is 1. The van der Waals surface area contributed by atoms with Crippen molar-refractivity contribution in [2.75, 3.05) is 7.05 Å². The van der Waals surface area contributed by atoms with Gasteiger partial charge in [-0.1, -0.05) is 24.3 Å². The Kier molecular flexibility index (Phi) is 3.44. The number of amides is 1. The number of aliphatic carboxylic acids is 1. The van der Waals surface area contributed by atoms with E-state index in [9.17, 15) is 9.59 Å². The molecule has 2 aromatic rings. The molecule has 1 amide bonds. The molecule has 1 aromatic carbocycles. The topological polar surface area (TPSA) is 70.5 Å². The number of carboxylic acid groups (broad SMARTS) is 1. The van der Waals surface area contributed by atoms with Gasteiger partial charge in [0.25, 0.3) is 5.91 Å². The summed E-state index contributed by atoms with van der Waals surface area (Å²) in [7, 11) is 1.47. The largest absolute Gasteiger partial charge is 0.480 e. The molecule has 0 aliphatic heterocycles. The van der Waals surface area contributed by atoms with Crippen LogP contribution in [-0.4, -0.2) is 39.5 Å². The fourth-order valence-electron chi connectivity index (χ4n) is 1.75. The Morgan fingerprint density at radius 2 is 1.80 bits per heavy atom. The van der Waals surface area contributed by atoms with Crippen LogP contribution in [0.2, 0.25) is 0 Å². The van der Waals surface area contributed by atoms with Crippen LogP contribution in [0.4, 0.5) is 0 Å². The molecule has 0 atom stereocenters. The maximum atomic E-state index is 12.3. The lowest BCUT2D eigenvalue weighted by Gasteiger charge is -2.31. The van der Waals surface area contributed by atoms with E-state index >= 15 is 0 Å². The Bertz CT molecular complexity index is 680. The Morgan fingerprint density at radius 3 is 2.45 bits per heavy atom. The maximum Gasteiger partial charge on any atom is 0.329 e. The highest BCUT2D eigenvalue weighted by molar-refractivity contribution is 5.97. The molecule has 0 saturated carbocycles. The standard InChI is InChI=1S/C15H16N2O3/c1-15(2,14(19)20)17(3)13(18)12-9-8-10-6-4-5-7-11(10)16-12/h4-9H,1-3H3,(H,19,20). The average molecular weight is 272 g/mol. The van der Waals surface area contributed by atoms with Crippen LogP contribution < -0.4 is 0 Å². The van der Waals surface area contributed by atoms with Gasteiger partial charge >= 0.3 is 5.97 Å². The number of fused-ring (bicyclic) bond motifs is 1. The summed E-state index contributed by atoms with van der Waals surface area (Å²) >= 11 is 0. The van der Waals surface area contributed by atoms with Crippen LogP contribution in [0.15, 0.2) is 36.4 Å². The molecule has 0 unspecified atom stereocenters. The predicted octanol–water partition coefficient (Wildman–Crippen LogP) is 2.17. The molecule has 5 nitrogen and oxygen atoms in total. The molecule has 1 N–H and O–H groups in total. The number of carbonyl (C=O) groups excluding carboxylic acids is 1. The second-order valence-electron chi connectivity index (χ2n) is 5.12. The minimum Gasteiger partial charge on any atom is -0.480 e. The summed E-state index contributed by atoms with van der Waals surface area (Å²) < 4.78 is 0. The van der Waals surface area contributed by atoms with Crippen molar-refractivity contribution in [2.24, 2.45) is 0 Å². The number of nitrogens with zero attached hydrogens (tertiary/aromatic N) is 2. The minimum atomic E-state index is -1.29. The van der Waals surface area contributed by atoms with E-state index in [1.807, 2.05) is 24.3 Å². The lowest BCUT2D eigenvalue weighted by Crippen LogP contribution is -2.50. The summed E-state index contributed by atoms with van der Waals surface area (Å²) in [6, 6.07) is 10.9. The molecule has 0 bridgehead atoms. The van der Waals surface area contributed by atoms with Crippen LogP contribution in [0.3, 0.4) is 0 Å². The van der Waals surface area contributed by atoms with E-state index in [0.29, 0.717) is 5.52 Å². The average Bonchev–Trinajstić information content (AvgIpc) is 2.44. The normalized spacial score (nSPS) is 11.3. The van der Waals surface area contributed by atoms with Gasteiger partial charge in [0.05, 0.1) is 5.52 Å². The van der Waals surface area contributed by atoms with Gasteiger partial charge in [0.1, 0.15) is 11.2 Å². The summed E-state index contributed by atoms with van der Waals surface area (Å²) in [4.78, 5) is 29.0.